The topological polar surface area (TPSA) is 28.2 Å². The van der Waals surface area contributed by atoms with Crippen LogP contribution in [0, 0.1) is 0 Å². The molecule has 19 heavy (non-hydrogen) atoms. The molecule has 0 aliphatic carbocycles. The zero-order valence-corrected chi connectivity index (χ0v) is 14.2. The van der Waals surface area contributed by atoms with Crippen molar-refractivity contribution >= 4 is 16.5 Å². The number of nitrogens with one attached hydrogen (secondary N) is 1. The summed E-state index contributed by atoms with van der Waals surface area (Å²) in [5, 5.41) is 4.58. The highest BCUT2D eigenvalue weighted by molar-refractivity contribution is 7.15. The first-order valence-corrected chi connectivity index (χ1v) is 8.21. The molecule has 4 heteroatoms. The van der Waals surface area contributed by atoms with E-state index in [4.69, 9.17) is 4.98 Å². The zero-order chi connectivity index (χ0) is 14.5. The molecule has 0 fully saturated rings. The highest BCUT2D eigenvalue weighted by Gasteiger charge is 2.24. The van der Waals surface area contributed by atoms with E-state index in [1.165, 1.54) is 10.6 Å². The fraction of sp³-hybridized carbons (Fsp3) is 0.800. The third kappa shape index (κ3) is 4.18. The number of aromatic nitrogens is 1. The normalized spacial score (nSPS) is 11.9. The Bertz CT molecular complexity index is 385. The van der Waals surface area contributed by atoms with E-state index in [0.29, 0.717) is 0 Å². The average Bonchev–Trinajstić information content (AvgIpc) is 2.79. The van der Waals surface area contributed by atoms with Crippen molar-refractivity contribution in [3.05, 3.63) is 10.6 Å². The molecule has 0 atom stereocenters. The number of nitrogens with zero attached hydrogens (tertiary/aromatic N) is 2. The van der Waals surface area contributed by atoms with Crippen LogP contribution >= 0.6 is 11.3 Å². The number of anilines is 1. The second-order valence-electron chi connectivity index (χ2n) is 5.62. The average molecular weight is 283 g/mol. The molecular formula is C15H29N3S. The van der Waals surface area contributed by atoms with E-state index < -0.39 is 0 Å². The third-order valence-corrected chi connectivity index (χ3v) is 5.02. The van der Waals surface area contributed by atoms with E-state index in [2.05, 4.69) is 51.9 Å². The van der Waals surface area contributed by atoms with Gasteiger partial charge in [0.1, 0.15) is 0 Å². The number of hydrogen-bond acceptors (Lipinski definition) is 4. The molecule has 1 N–H and O–H groups in total. The third-order valence-electron chi connectivity index (χ3n) is 3.85. The van der Waals surface area contributed by atoms with Crippen LogP contribution in [0.25, 0.3) is 0 Å². The fourth-order valence-electron chi connectivity index (χ4n) is 1.82. The number of rotatable bonds is 8. The van der Waals surface area contributed by atoms with Crippen LogP contribution in [-0.4, -0.2) is 24.1 Å². The maximum Gasteiger partial charge on any atom is 0.186 e. The Hall–Kier alpha value is -0.610. The van der Waals surface area contributed by atoms with Crippen molar-refractivity contribution in [1.29, 1.82) is 0 Å². The predicted octanol–water partition coefficient (Wildman–Crippen LogP) is 3.83. The lowest BCUT2D eigenvalue weighted by molar-refractivity contribution is 0.470. The SMILES string of the molecule is CCCc1nc(N(C)C(C)(C)CC)sc1CNCC. The Morgan fingerprint density at radius 1 is 1.26 bits per heavy atom. The minimum atomic E-state index is 0.163. The summed E-state index contributed by atoms with van der Waals surface area (Å²) in [5.41, 5.74) is 1.44. The van der Waals surface area contributed by atoms with Crippen molar-refractivity contribution in [3.63, 3.8) is 0 Å². The monoisotopic (exact) mass is 283 g/mol. The highest BCUT2D eigenvalue weighted by atomic mass is 32.1. The van der Waals surface area contributed by atoms with Crippen LogP contribution in [0.15, 0.2) is 0 Å². The zero-order valence-electron chi connectivity index (χ0n) is 13.3. The van der Waals surface area contributed by atoms with E-state index in [1.54, 1.807) is 0 Å². The molecule has 0 saturated carbocycles. The van der Waals surface area contributed by atoms with Crippen LogP contribution in [0.2, 0.25) is 0 Å². The van der Waals surface area contributed by atoms with Crippen LogP contribution in [0.4, 0.5) is 5.13 Å². The molecule has 0 saturated heterocycles. The lowest BCUT2D eigenvalue weighted by Crippen LogP contribution is -2.40. The Balaban J connectivity index is 2.96. The first-order chi connectivity index (χ1) is 8.96. The molecule has 0 aromatic carbocycles. The summed E-state index contributed by atoms with van der Waals surface area (Å²) in [5.74, 6) is 0. The molecule has 0 aliphatic rings. The lowest BCUT2D eigenvalue weighted by atomic mass is 10.0. The van der Waals surface area contributed by atoms with Gasteiger partial charge in [-0.1, -0.05) is 27.2 Å². The molecule has 3 nitrogen and oxygen atoms in total. The first kappa shape index (κ1) is 16.4. The number of thiazole rings is 1. The summed E-state index contributed by atoms with van der Waals surface area (Å²) in [7, 11) is 2.16. The maximum atomic E-state index is 4.87. The van der Waals surface area contributed by atoms with E-state index in [9.17, 15) is 0 Å². The van der Waals surface area contributed by atoms with Gasteiger partial charge in [-0.25, -0.2) is 4.98 Å². The second kappa shape index (κ2) is 7.25. The Morgan fingerprint density at radius 2 is 1.95 bits per heavy atom. The van der Waals surface area contributed by atoms with Gasteiger partial charge in [0.15, 0.2) is 5.13 Å². The largest absolute Gasteiger partial charge is 0.346 e. The van der Waals surface area contributed by atoms with Gasteiger partial charge in [-0.3, -0.25) is 0 Å². The Labute approximate surface area is 122 Å². The highest BCUT2D eigenvalue weighted by Crippen LogP contribution is 2.31. The minimum absolute atomic E-state index is 0.163. The van der Waals surface area contributed by atoms with Crippen molar-refractivity contribution in [1.82, 2.24) is 10.3 Å². The lowest BCUT2D eigenvalue weighted by Gasteiger charge is -2.34. The van der Waals surface area contributed by atoms with Gasteiger partial charge >= 0.3 is 0 Å². The van der Waals surface area contributed by atoms with Crippen molar-refractivity contribution in [2.24, 2.45) is 0 Å². The van der Waals surface area contributed by atoms with Crippen molar-refractivity contribution in [2.45, 2.75) is 66.0 Å². The molecule has 1 aromatic rings. The molecule has 0 unspecified atom stereocenters. The predicted molar refractivity (Wildman–Crippen MR) is 86.3 cm³/mol. The van der Waals surface area contributed by atoms with Crippen molar-refractivity contribution in [3.8, 4) is 0 Å². The molecular weight excluding hydrogens is 254 g/mol. The summed E-state index contributed by atoms with van der Waals surface area (Å²) in [4.78, 5) is 8.60. The second-order valence-corrected chi connectivity index (χ2v) is 6.68. The molecule has 0 bridgehead atoms. The van der Waals surface area contributed by atoms with Gasteiger partial charge in [-0.05, 0) is 33.2 Å². The van der Waals surface area contributed by atoms with Gasteiger partial charge in [0.25, 0.3) is 0 Å². The van der Waals surface area contributed by atoms with Crippen LogP contribution in [0.3, 0.4) is 0 Å². The van der Waals surface area contributed by atoms with Gasteiger partial charge < -0.3 is 10.2 Å². The molecule has 1 heterocycles. The quantitative estimate of drug-likeness (QED) is 0.786. The Morgan fingerprint density at radius 3 is 2.47 bits per heavy atom. The first-order valence-electron chi connectivity index (χ1n) is 7.39. The van der Waals surface area contributed by atoms with Gasteiger partial charge in [0, 0.05) is 24.0 Å². The summed E-state index contributed by atoms with van der Waals surface area (Å²) >= 11 is 1.84. The van der Waals surface area contributed by atoms with E-state index >= 15 is 0 Å². The molecule has 1 rings (SSSR count). The van der Waals surface area contributed by atoms with Crippen LogP contribution in [0.1, 0.15) is 58.0 Å². The van der Waals surface area contributed by atoms with E-state index in [1.807, 2.05) is 11.3 Å². The standard InChI is InChI=1S/C15H29N3S/c1-7-10-12-13(11-16-9-3)19-14(17-12)18(6)15(4,5)8-2/h16H,7-11H2,1-6H3. The van der Waals surface area contributed by atoms with Gasteiger partial charge in [-0.2, -0.15) is 0 Å². The molecule has 0 spiro atoms. The van der Waals surface area contributed by atoms with Gasteiger partial charge in [-0.15, -0.1) is 11.3 Å². The molecule has 1 aromatic heterocycles. The van der Waals surface area contributed by atoms with Crippen LogP contribution in [0.5, 0.6) is 0 Å². The smallest absolute Gasteiger partial charge is 0.186 e. The van der Waals surface area contributed by atoms with Crippen LogP contribution < -0.4 is 10.2 Å². The van der Waals surface area contributed by atoms with Crippen molar-refractivity contribution in [2.75, 3.05) is 18.5 Å². The molecule has 110 valence electrons. The van der Waals surface area contributed by atoms with Crippen molar-refractivity contribution < 1.29 is 0 Å². The summed E-state index contributed by atoms with van der Waals surface area (Å²) < 4.78 is 0. The maximum absolute atomic E-state index is 4.87. The van der Waals surface area contributed by atoms with Gasteiger partial charge in [0.2, 0.25) is 0 Å². The molecule has 0 aliphatic heterocycles. The molecule has 0 amide bonds. The van der Waals surface area contributed by atoms with E-state index in [-0.39, 0.29) is 5.54 Å². The van der Waals surface area contributed by atoms with E-state index in [0.717, 1.165) is 37.5 Å². The molecule has 0 radical (unpaired) electrons. The minimum Gasteiger partial charge on any atom is -0.346 e. The number of aryl methyl sites for hydroxylation is 1. The Kier molecular flexibility index (Phi) is 6.27. The summed E-state index contributed by atoms with van der Waals surface area (Å²) in [6.45, 7) is 13.1. The summed E-state index contributed by atoms with van der Waals surface area (Å²) in [6, 6.07) is 0. The van der Waals surface area contributed by atoms with Crippen LogP contribution in [-0.2, 0) is 13.0 Å². The summed E-state index contributed by atoms with van der Waals surface area (Å²) in [6.07, 6.45) is 3.36. The van der Waals surface area contributed by atoms with Gasteiger partial charge in [0.05, 0.1) is 5.69 Å². The fourth-order valence-corrected chi connectivity index (χ4v) is 3.02. The number of hydrogen-bond donors (Lipinski definition) is 1.